The van der Waals surface area contributed by atoms with Crippen LogP contribution in [0.1, 0.15) is 19.3 Å². The summed E-state index contributed by atoms with van der Waals surface area (Å²) < 4.78 is 33.0. The fraction of sp³-hybridized carbons (Fsp3) is 0.583. The van der Waals surface area contributed by atoms with E-state index in [2.05, 4.69) is 9.71 Å². The Morgan fingerprint density at radius 3 is 2.80 bits per heavy atom. The van der Waals surface area contributed by atoms with E-state index in [1.165, 1.54) is 12.3 Å². The molecule has 0 bridgehead atoms. The molecule has 0 amide bonds. The monoisotopic (exact) mass is 317 g/mol. The highest BCUT2D eigenvalue weighted by Crippen LogP contribution is 2.39. The van der Waals surface area contributed by atoms with Gasteiger partial charge in [0.25, 0.3) is 0 Å². The zero-order valence-electron chi connectivity index (χ0n) is 10.8. The summed E-state index contributed by atoms with van der Waals surface area (Å²) in [6.45, 7) is 0.592. The Kier molecular flexibility index (Phi) is 3.62. The van der Waals surface area contributed by atoms with E-state index in [-0.39, 0.29) is 27.9 Å². The number of halogens is 1. The molecule has 0 aromatic carbocycles. The van der Waals surface area contributed by atoms with Gasteiger partial charge in [-0.2, -0.15) is 0 Å². The molecule has 1 aromatic rings. The average molecular weight is 318 g/mol. The summed E-state index contributed by atoms with van der Waals surface area (Å²) >= 11 is 5.82. The molecule has 20 heavy (non-hydrogen) atoms. The van der Waals surface area contributed by atoms with Crippen LogP contribution in [-0.2, 0) is 14.8 Å². The zero-order valence-corrected chi connectivity index (χ0v) is 12.3. The zero-order chi connectivity index (χ0) is 14.3. The molecule has 6 nitrogen and oxygen atoms in total. The molecule has 3 rings (SSSR count). The minimum Gasteiger partial charge on any atom is -0.382 e. The quantitative estimate of drug-likeness (QED) is 0.869. The molecule has 110 valence electrons. The first kappa shape index (κ1) is 14.1. The van der Waals surface area contributed by atoms with Crippen LogP contribution in [0.4, 0.5) is 5.82 Å². The number of nitrogens with two attached hydrogens (primary N) is 1. The van der Waals surface area contributed by atoms with E-state index in [4.69, 9.17) is 22.1 Å². The molecule has 1 saturated heterocycles. The van der Waals surface area contributed by atoms with Crippen LogP contribution in [0.25, 0.3) is 0 Å². The van der Waals surface area contributed by atoms with E-state index in [9.17, 15) is 8.42 Å². The van der Waals surface area contributed by atoms with Gasteiger partial charge in [-0.25, -0.2) is 18.1 Å². The second-order valence-corrected chi connectivity index (χ2v) is 7.35. The van der Waals surface area contributed by atoms with Crippen molar-refractivity contribution in [3.05, 3.63) is 17.3 Å². The van der Waals surface area contributed by atoms with E-state index in [1.54, 1.807) is 0 Å². The van der Waals surface area contributed by atoms with Gasteiger partial charge in [0, 0.05) is 12.8 Å². The Hall–Kier alpha value is -0.890. The van der Waals surface area contributed by atoms with Gasteiger partial charge >= 0.3 is 0 Å². The maximum absolute atomic E-state index is 12.3. The second-order valence-electron chi connectivity index (χ2n) is 5.23. The molecule has 3 N–H and O–H groups in total. The number of sulfonamides is 1. The van der Waals surface area contributed by atoms with Crippen LogP contribution in [0, 0.1) is 5.92 Å². The molecule has 8 heteroatoms. The van der Waals surface area contributed by atoms with E-state index in [1.807, 2.05) is 0 Å². The lowest BCUT2D eigenvalue weighted by atomic mass is 10.1. The Morgan fingerprint density at radius 2 is 2.15 bits per heavy atom. The lowest BCUT2D eigenvalue weighted by Crippen LogP contribution is -2.41. The van der Waals surface area contributed by atoms with Crippen LogP contribution in [0.15, 0.2) is 17.2 Å². The topological polar surface area (TPSA) is 94.3 Å². The van der Waals surface area contributed by atoms with E-state index in [0.29, 0.717) is 18.9 Å². The fourth-order valence-corrected chi connectivity index (χ4v) is 3.95. The number of pyridine rings is 1. The molecule has 2 unspecified atom stereocenters. The average Bonchev–Trinajstić information content (AvgIpc) is 3.14. The van der Waals surface area contributed by atoms with Crippen molar-refractivity contribution in [1.29, 1.82) is 0 Å². The van der Waals surface area contributed by atoms with Crippen molar-refractivity contribution in [2.24, 2.45) is 5.92 Å². The second kappa shape index (κ2) is 5.14. The molecule has 1 aromatic heterocycles. The third-order valence-corrected chi connectivity index (χ3v) is 5.44. The lowest BCUT2D eigenvalue weighted by molar-refractivity contribution is 0.0848. The number of hydrogen-bond acceptors (Lipinski definition) is 5. The number of aromatic nitrogens is 1. The number of ether oxygens (including phenoxy) is 1. The van der Waals surface area contributed by atoms with Crippen molar-refractivity contribution in [1.82, 2.24) is 9.71 Å². The molecule has 2 fully saturated rings. The Balaban J connectivity index is 1.79. The minimum absolute atomic E-state index is 0.0120. The minimum atomic E-state index is -3.65. The maximum Gasteiger partial charge on any atom is 0.242 e. The molecule has 1 aliphatic heterocycles. The van der Waals surface area contributed by atoms with Crippen LogP contribution < -0.4 is 10.5 Å². The van der Waals surface area contributed by atoms with Crippen LogP contribution in [0.2, 0.25) is 5.02 Å². The third-order valence-electron chi connectivity index (χ3n) is 3.68. The first-order chi connectivity index (χ1) is 9.47. The number of hydrogen-bond donors (Lipinski definition) is 2. The van der Waals surface area contributed by atoms with Gasteiger partial charge in [0.05, 0.1) is 17.2 Å². The number of nitrogens with one attached hydrogen (secondary N) is 1. The van der Waals surface area contributed by atoms with Crippen LogP contribution in [0.5, 0.6) is 0 Å². The SMILES string of the molecule is Nc1ncc(S(=O)(=O)NC2CCOC2C2CC2)cc1Cl. The van der Waals surface area contributed by atoms with Crippen molar-refractivity contribution in [3.63, 3.8) is 0 Å². The summed E-state index contributed by atoms with van der Waals surface area (Å²) in [7, 11) is -3.65. The summed E-state index contributed by atoms with van der Waals surface area (Å²) in [5.41, 5.74) is 5.49. The van der Waals surface area contributed by atoms with E-state index >= 15 is 0 Å². The Labute approximate surface area is 122 Å². The summed E-state index contributed by atoms with van der Waals surface area (Å²) in [6, 6.07) is 1.14. The van der Waals surface area contributed by atoms with Gasteiger partial charge in [0.15, 0.2) is 0 Å². The lowest BCUT2D eigenvalue weighted by Gasteiger charge is -2.19. The highest BCUT2D eigenvalue weighted by molar-refractivity contribution is 7.89. The summed E-state index contributed by atoms with van der Waals surface area (Å²) in [5, 5.41) is 0.134. The van der Waals surface area contributed by atoms with E-state index in [0.717, 1.165) is 12.8 Å². The fourth-order valence-electron chi connectivity index (χ4n) is 2.47. The predicted molar refractivity (Wildman–Crippen MR) is 74.8 cm³/mol. The van der Waals surface area contributed by atoms with Gasteiger partial charge in [-0.3, -0.25) is 0 Å². The summed E-state index contributed by atoms with van der Waals surface area (Å²) in [6.07, 6.45) is 4.11. The standard InChI is InChI=1S/C12H16ClN3O3S/c13-9-5-8(6-15-12(9)14)20(17,18)16-10-3-4-19-11(10)7-1-2-7/h5-7,10-11,16H,1-4H2,(H2,14,15). The van der Waals surface area contributed by atoms with Gasteiger partial charge in [-0.1, -0.05) is 11.6 Å². The molecular weight excluding hydrogens is 302 g/mol. The predicted octanol–water partition coefficient (Wildman–Crippen LogP) is 1.16. The smallest absolute Gasteiger partial charge is 0.242 e. The van der Waals surface area contributed by atoms with Gasteiger partial charge in [0.1, 0.15) is 10.7 Å². The molecular formula is C12H16ClN3O3S. The Morgan fingerprint density at radius 1 is 1.40 bits per heavy atom. The van der Waals surface area contributed by atoms with Gasteiger partial charge in [-0.15, -0.1) is 0 Å². The largest absolute Gasteiger partial charge is 0.382 e. The Bertz CT molecular complexity index is 618. The van der Waals surface area contributed by atoms with Gasteiger partial charge < -0.3 is 10.5 Å². The highest BCUT2D eigenvalue weighted by Gasteiger charge is 2.42. The van der Waals surface area contributed by atoms with Gasteiger partial charge in [0.2, 0.25) is 10.0 Å². The third kappa shape index (κ3) is 2.76. The molecule has 0 spiro atoms. The van der Waals surface area contributed by atoms with Crippen LogP contribution >= 0.6 is 11.6 Å². The number of nitrogens with zero attached hydrogens (tertiary/aromatic N) is 1. The molecule has 2 atom stereocenters. The van der Waals surface area contributed by atoms with Crippen molar-refractivity contribution >= 4 is 27.4 Å². The van der Waals surface area contributed by atoms with Crippen molar-refractivity contribution in [3.8, 4) is 0 Å². The van der Waals surface area contributed by atoms with Crippen molar-refractivity contribution in [2.45, 2.75) is 36.3 Å². The maximum atomic E-state index is 12.3. The van der Waals surface area contributed by atoms with Crippen molar-refractivity contribution < 1.29 is 13.2 Å². The van der Waals surface area contributed by atoms with Crippen molar-refractivity contribution in [2.75, 3.05) is 12.3 Å². The molecule has 1 saturated carbocycles. The molecule has 2 aliphatic rings. The van der Waals surface area contributed by atoms with E-state index < -0.39 is 10.0 Å². The number of anilines is 1. The normalized spacial score (nSPS) is 26.9. The number of nitrogen functional groups attached to an aromatic ring is 1. The summed E-state index contributed by atoms with van der Waals surface area (Å²) in [4.78, 5) is 3.81. The first-order valence-corrected chi connectivity index (χ1v) is 8.38. The molecule has 0 radical (unpaired) electrons. The molecule has 2 heterocycles. The number of rotatable bonds is 4. The molecule has 1 aliphatic carbocycles. The van der Waals surface area contributed by atoms with Crippen LogP contribution in [-0.4, -0.2) is 32.2 Å². The summed E-state index contributed by atoms with van der Waals surface area (Å²) in [5.74, 6) is 0.601. The first-order valence-electron chi connectivity index (χ1n) is 6.52. The van der Waals surface area contributed by atoms with Crippen LogP contribution in [0.3, 0.4) is 0 Å². The van der Waals surface area contributed by atoms with Gasteiger partial charge in [-0.05, 0) is 31.2 Å². The highest BCUT2D eigenvalue weighted by atomic mass is 35.5.